The molecule has 1 atom stereocenters. The molecule has 0 fully saturated rings. The molecule has 1 aliphatic heterocycles. The molecule has 2 rings (SSSR count). The van der Waals surface area contributed by atoms with Crippen LogP contribution in [-0.2, 0) is 13.0 Å². The number of rotatable bonds is 2. The molecule has 0 saturated carbocycles. The van der Waals surface area contributed by atoms with E-state index in [1.54, 1.807) is 0 Å². The van der Waals surface area contributed by atoms with Gasteiger partial charge in [-0.15, -0.1) is 0 Å². The molecular formula is C10H16N2S. The SMILES string of the molecule is CC(C)Cc1cn2c(n1)S[C@H](C)C2. The van der Waals surface area contributed by atoms with Gasteiger partial charge in [-0.05, 0) is 12.3 Å². The van der Waals surface area contributed by atoms with Gasteiger partial charge in [0.25, 0.3) is 0 Å². The molecule has 0 bridgehead atoms. The highest BCUT2D eigenvalue weighted by molar-refractivity contribution is 7.99. The van der Waals surface area contributed by atoms with Crippen molar-refractivity contribution in [2.45, 2.75) is 44.1 Å². The van der Waals surface area contributed by atoms with Gasteiger partial charge in [0, 0.05) is 18.0 Å². The monoisotopic (exact) mass is 196 g/mol. The predicted octanol–water partition coefficient (Wildman–Crippen LogP) is 2.58. The van der Waals surface area contributed by atoms with Crippen molar-refractivity contribution in [3.8, 4) is 0 Å². The molecule has 72 valence electrons. The Hall–Kier alpha value is -0.440. The van der Waals surface area contributed by atoms with Crippen molar-refractivity contribution in [1.82, 2.24) is 9.55 Å². The minimum absolute atomic E-state index is 0.704. The van der Waals surface area contributed by atoms with Gasteiger partial charge in [-0.3, -0.25) is 0 Å². The third-order valence-corrected chi connectivity index (χ3v) is 3.26. The quantitative estimate of drug-likeness (QED) is 0.723. The summed E-state index contributed by atoms with van der Waals surface area (Å²) in [5.41, 5.74) is 1.25. The van der Waals surface area contributed by atoms with Crippen LogP contribution in [0.3, 0.4) is 0 Å². The third kappa shape index (κ3) is 1.90. The van der Waals surface area contributed by atoms with Crippen LogP contribution in [0, 0.1) is 5.92 Å². The fraction of sp³-hybridized carbons (Fsp3) is 0.700. The zero-order chi connectivity index (χ0) is 9.42. The smallest absolute Gasteiger partial charge is 0.168 e. The zero-order valence-corrected chi connectivity index (χ0v) is 9.27. The van der Waals surface area contributed by atoms with Crippen LogP contribution in [0.5, 0.6) is 0 Å². The number of hydrogen-bond donors (Lipinski definition) is 0. The van der Waals surface area contributed by atoms with Gasteiger partial charge in [-0.25, -0.2) is 4.98 Å². The van der Waals surface area contributed by atoms with Crippen molar-refractivity contribution in [3.63, 3.8) is 0 Å². The highest BCUT2D eigenvalue weighted by atomic mass is 32.2. The normalized spacial score (nSPS) is 21.1. The molecular weight excluding hydrogens is 180 g/mol. The van der Waals surface area contributed by atoms with E-state index in [1.807, 2.05) is 11.8 Å². The van der Waals surface area contributed by atoms with E-state index >= 15 is 0 Å². The Bertz CT molecular complexity index is 280. The molecule has 13 heavy (non-hydrogen) atoms. The van der Waals surface area contributed by atoms with Crippen molar-refractivity contribution >= 4 is 11.8 Å². The number of aromatic nitrogens is 2. The summed E-state index contributed by atoms with van der Waals surface area (Å²) < 4.78 is 2.28. The summed E-state index contributed by atoms with van der Waals surface area (Å²) in [5, 5.41) is 1.92. The lowest BCUT2D eigenvalue weighted by atomic mass is 10.1. The number of nitrogens with zero attached hydrogens (tertiary/aromatic N) is 2. The van der Waals surface area contributed by atoms with Crippen LogP contribution < -0.4 is 0 Å². The minimum atomic E-state index is 0.704. The van der Waals surface area contributed by atoms with Gasteiger partial charge in [0.05, 0.1) is 5.69 Å². The van der Waals surface area contributed by atoms with E-state index in [0.717, 1.165) is 13.0 Å². The molecule has 0 unspecified atom stereocenters. The maximum Gasteiger partial charge on any atom is 0.168 e. The summed E-state index contributed by atoms with van der Waals surface area (Å²) in [4.78, 5) is 4.61. The summed E-state index contributed by atoms with van der Waals surface area (Å²) in [5.74, 6) is 0.707. The van der Waals surface area contributed by atoms with Gasteiger partial charge in [0.15, 0.2) is 5.16 Å². The first kappa shape index (κ1) is 9.13. The number of imidazole rings is 1. The van der Waals surface area contributed by atoms with E-state index in [2.05, 4.69) is 36.5 Å². The lowest BCUT2D eigenvalue weighted by Gasteiger charge is -2.01. The van der Waals surface area contributed by atoms with E-state index < -0.39 is 0 Å². The summed E-state index contributed by atoms with van der Waals surface area (Å²) in [6, 6.07) is 0. The Kier molecular flexibility index (Phi) is 2.37. The Morgan fingerprint density at radius 2 is 2.46 bits per heavy atom. The van der Waals surface area contributed by atoms with Gasteiger partial charge in [0.1, 0.15) is 0 Å². The molecule has 0 amide bonds. The Morgan fingerprint density at radius 1 is 1.69 bits per heavy atom. The molecule has 1 aliphatic rings. The van der Waals surface area contributed by atoms with Crippen LogP contribution in [0.4, 0.5) is 0 Å². The largest absolute Gasteiger partial charge is 0.325 e. The van der Waals surface area contributed by atoms with E-state index in [0.29, 0.717) is 11.2 Å². The molecule has 1 aromatic heterocycles. The van der Waals surface area contributed by atoms with Crippen molar-refractivity contribution < 1.29 is 0 Å². The predicted molar refractivity (Wildman–Crippen MR) is 56.1 cm³/mol. The minimum Gasteiger partial charge on any atom is -0.325 e. The first-order chi connectivity index (χ1) is 6.15. The first-order valence-electron chi connectivity index (χ1n) is 4.88. The lowest BCUT2D eigenvalue weighted by molar-refractivity contribution is 0.635. The molecule has 1 aromatic rings. The molecule has 0 aromatic carbocycles. The van der Waals surface area contributed by atoms with Crippen LogP contribution in [-0.4, -0.2) is 14.8 Å². The van der Waals surface area contributed by atoms with Gasteiger partial charge in [-0.2, -0.15) is 0 Å². The van der Waals surface area contributed by atoms with Gasteiger partial charge < -0.3 is 4.57 Å². The molecule has 0 radical (unpaired) electrons. The number of fused-ring (bicyclic) bond motifs is 1. The van der Waals surface area contributed by atoms with Crippen LogP contribution in [0.25, 0.3) is 0 Å². The van der Waals surface area contributed by atoms with Crippen LogP contribution in [0.1, 0.15) is 26.5 Å². The number of hydrogen-bond acceptors (Lipinski definition) is 2. The van der Waals surface area contributed by atoms with Gasteiger partial charge in [-0.1, -0.05) is 32.5 Å². The second-order valence-corrected chi connectivity index (χ2v) is 5.60. The maximum atomic E-state index is 4.61. The zero-order valence-electron chi connectivity index (χ0n) is 8.45. The van der Waals surface area contributed by atoms with Gasteiger partial charge >= 0.3 is 0 Å². The second-order valence-electron chi connectivity index (χ2n) is 4.19. The molecule has 2 heterocycles. The topological polar surface area (TPSA) is 17.8 Å². The highest BCUT2D eigenvalue weighted by Crippen LogP contribution is 2.31. The molecule has 0 aliphatic carbocycles. The second kappa shape index (κ2) is 3.37. The van der Waals surface area contributed by atoms with Crippen molar-refractivity contribution in [2.24, 2.45) is 5.92 Å². The van der Waals surface area contributed by atoms with E-state index in [4.69, 9.17) is 0 Å². The molecule has 0 N–H and O–H groups in total. The van der Waals surface area contributed by atoms with E-state index in [1.165, 1.54) is 10.9 Å². The fourth-order valence-electron chi connectivity index (χ4n) is 1.69. The molecule has 3 heteroatoms. The fourth-order valence-corrected chi connectivity index (χ4v) is 2.71. The van der Waals surface area contributed by atoms with Crippen molar-refractivity contribution in [3.05, 3.63) is 11.9 Å². The summed E-state index contributed by atoms with van der Waals surface area (Å²) in [6.07, 6.45) is 3.32. The van der Waals surface area contributed by atoms with Crippen LogP contribution >= 0.6 is 11.8 Å². The molecule has 2 nitrogen and oxygen atoms in total. The van der Waals surface area contributed by atoms with Crippen molar-refractivity contribution in [2.75, 3.05) is 0 Å². The van der Waals surface area contributed by atoms with E-state index in [9.17, 15) is 0 Å². The third-order valence-electron chi connectivity index (χ3n) is 2.17. The average Bonchev–Trinajstić information content (AvgIpc) is 2.41. The Balaban J connectivity index is 2.13. The average molecular weight is 196 g/mol. The Morgan fingerprint density at radius 3 is 3.08 bits per heavy atom. The van der Waals surface area contributed by atoms with Gasteiger partial charge in [0.2, 0.25) is 0 Å². The summed E-state index contributed by atoms with van der Waals surface area (Å²) in [6.45, 7) is 7.85. The van der Waals surface area contributed by atoms with E-state index in [-0.39, 0.29) is 0 Å². The van der Waals surface area contributed by atoms with Crippen LogP contribution in [0.2, 0.25) is 0 Å². The number of thioether (sulfide) groups is 1. The lowest BCUT2D eigenvalue weighted by Crippen LogP contribution is -1.99. The summed E-state index contributed by atoms with van der Waals surface area (Å²) >= 11 is 1.89. The molecule has 0 saturated heterocycles. The Labute approximate surface area is 83.7 Å². The summed E-state index contributed by atoms with van der Waals surface area (Å²) in [7, 11) is 0. The first-order valence-corrected chi connectivity index (χ1v) is 5.76. The van der Waals surface area contributed by atoms with Crippen LogP contribution in [0.15, 0.2) is 11.4 Å². The standard InChI is InChI=1S/C10H16N2S/c1-7(2)4-9-6-12-5-8(3)13-10(12)11-9/h6-8H,4-5H2,1-3H3/t8-/m1/s1. The molecule has 0 spiro atoms. The highest BCUT2D eigenvalue weighted by Gasteiger charge is 2.20. The van der Waals surface area contributed by atoms with Crippen molar-refractivity contribution in [1.29, 1.82) is 0 Å². The maximum absolute atomic E-state index is 4.61.